The van der Waals surface area contributed by atoms with Gasteiger partial charge in [-0.05, 0) is 26.9 Å². The second-order valence-electron chi connectivity index (χ2n) is 6.06. The van der Waals surface area contributed by atoms with Crippen LogP contribution in [0.2, 0.25) is 0 Å². The number of rotatable bonds is 9. The molecule has 1 fully saturated rings. The van der Waals surface area contributed by atoms with Gasteiger partial charge in [-0.25, -0.2) is 0 Å². The minimum atomic E-state index is -4.11. The minimum absolute atomic E-state index is 0.0752. The molecule has 0 aromatic carbocycles. The van der Waals surface area contributed by atoms with Crippen molar-refractivity contribution in [3.05, 3.63) is 0 Å². The van der Waals surface area contributed by atoms with Gasteiger partial charge < -0.3 is 15.3 Å². The summed E-state index contributed by atoms with van der Waals surface area (Å²) in [7, 11) is -0.321. The molecule has 0 radical (unpaired) electrons. The van der Waals surface area contributed by atoms with E-state index in [1.807, 2.05) is 19.0 Å². The van der Waals surface area contributed by atoms with Gasteiger partial charge in [0.15, 0.2) is 0 Å². The standard InChI is InChI=1S/C13H27N3O5S/c1-15(2)7-8-16(10-22(19,20)21)12-6-4-3-5-11(12)14-9-13(17)18/h11-12,14H,3-10H2,1-2H3,(H,17,18)(H,19,20,21)/t11?,12-/m1/s1. The van der Waals surface area contributed by atoms with Gasteiger partial charge in [0.2, 0.25) is 0 Å². The first kappa shape index (κ1) is 19.3. The average Bonchev–Trinajstić information content (AvgIpc) is 2.40. The molecule has 0 amide bonds. The summed E-state index contributed by atoms with van der Waals surface area (Å²) < 4.78 is 31.8. The molecule has 1 rings (SSSR count). The van der Waals surface area contributed by atoms with Crippen molar-refractivity contribution in [3.63, 3.8) is 0 Å². The Labute approximate surface area is 132 Å². The van der Waals surface area contributed by atoms with Crippen LogP contribution in [0.3, 0.4) is 0 Å². The van der Waals surface area contributed by atoms with Crippen LogP contribution in [-0.4, -0.2) is 85.5 Å². The predicted molar refractivity (Wildman–Crippen MR) is 83.4 cm³/mol. The lowest BCUT2D eigenvalue weighted by atomic mass is 9.89. The molecule has 0 aromatic heterocycles. The van der Waals surface area contributed by atoms with E-state index in [0.29, 0.717) is 13.1 Å². The number of aliphatic carboxylic acids is 1. The molecule has 9 heteroatoms. The average molecular weight is 337 g/mol. The molecule has 130 valence electrons. The molecular formula is C13H27N3O5S. The van der Waals surface area contributed by atoms with Gasteiger partial charge >= 0.3 is 5.97 Å². The summed E-state index contributed by atoms with van der Waals surface area (Å²) in [6.45, 7) is 1.02. The van der Waals surface area contributed by atoms with Crippen LogP contribution in [0.1, 0.15) is 25.7 Å². The molecule has 0 heterocycles. The van der Waals surface area contributed by atoms with E-state index in [1.54, 1.807) is 4.90 Å². The van der Waals surface area contributed by atoms with E-state index in [1.165, 1.54) is 0 Å². The van der Waals surface area contributed by atoms with Gasteiger partial charge in [-0.1, -0.05) is 12.8 Å². The SMILES string of the molecule is CN(C)CCN(CS(=O)(=O)O)[C@@H]1CCCCC1NCC(=O)O. The molecule has 1 aliphatic carbocycles. The summed E-state index contributed by atoms with van der Waals surface area (Å²) in [5, 5.41) is 11.8. The van der Waals surface area contributed by atoms with E-state index in [2.05, 4.69) is 5.32 Å². The summed E-state index contributed by atoms with van der Waals surface area (Å²) in [4.78, 5) is 14.4. The zero-order valence-electron chi connectivity index (χ0n) is 13.2. The lowest BCUT2D eigenvalue weighted by Crippen LogP contribution is -2.55. The Morgan fingerprint density at radius 2 is 1.86 bits per heavy atom. The van der Waals surface area contributed by atoms with Crippen LogP contribution in [0.5, 0.6) is 0 Å². The molecule has 22 heavy (non-hydrogen) atoms. The first-order valence-corrected chi connectivity index (χ1v) is 9.09. The van der Waals surface area contributed by atoms with Gasteiger partial charge in [-0.3, -0.25) is 14.2 Å². The van der Waals surface area contributed by atoms with Crippen LogP contribution in [-0.2, 0) is 14.9 Å². The quantitative estimate of drug-likeness (QED) is 0.491. The maximum absolute atomic E-state index is 11.3. The van der Waals surface area contributed by atoms with Crippen LogP contribution in [0.25, 0.3) is 0 Å². The number of carbonyl (C=O) groups is 1. The maximum Gasteiger partial charge on any atom is 0.317 e. The van der Waals surface area contributed by atoms with Crippen LogP contribution in [0.4, 0.5) is 0 Å². The third kappa shape index (κ3) is 7.50. The smallest absolute Gasteiger partial charge is 0.317 e. The van der Waals surface area contributed by atoms with Crippen molar-refractivity contribution in [2.24, 2.45) is 0 Å². The summed E-state index contributed by atoms with van der Waals surface area (Å²) in [6, 6.07) is -0.163. The maximum atomic E-state index is 11.3. The largest absolute Gasteiger partial charge is 0.480 e. The van der Waals surface area contributed by atoms with Crippen molar-refractivity contribution in [2.75, 3.05) is 39.6 Å². The molecule has 1 aliphatic rings. The number of hydrogen-bond donors (Lipinski definition) is 3. The third-order valence-corrected chi connectivity index (χ3v) is 4.54. The van der Waals surface area contributed by atoms with E-state index in [4.69, 9.17) is 5.11 Å². The van der Waals surface area contributed by atoms with Gasteiger partial charge in [0.1, 0.15) is 5.88 Å². The highest BCUT2D eigenvalue weighted by Gasteiger charge is 2.32. The number of nitrogens with zero attached hydrogens (tertiary/aromatic N) is 2. The van der Waals surface area contributed by atoms with Crippen molar-refractivity contribution >= 4 is 16.1 Å². The van der Waals surface area contributed by atoms with Crippen LogP contribution >= 0.6 is 0 Å². The summed E-state index contributed by atoms with van der Waals surface area (Å²) >= 11 is 0. The molecule has 0 spiro atoms. The number of carboxylic acids is 1. The molecule has 8 nitrogen and oxygen atoms in total. The molecular weight excluding hydrogens is 310 g/mol. The van der Waals surface area contributed by atoms with Gasteiger partial charge in [0.25, 0.3) is 10.1 Å². The molecule has 1 unspecified atom stereocenters. The Morgan fingerprint density at radius 3 is 2.41 bits per heavy atom. The highest BCUT2D eigenvalue weighted by Crippen LogP contribution is 2.23. The molecule has 2 atom stereocenters. The Morgan fingerprint density at radius 1 is 1.23 bits per heavy atom. The molecule has 1 saturated carbocycles. The molecule has 0 aromatic rings. The highest BCUT2D eigenvalue weighted by molar-refractivity contribution is 7.85. The van der Waals surface area contributed by atoms with E-state index < -0.39 is 22.0 Å². The lowest BCUT2D eigenvalue weighted by Gasteiger charge is -2.40. The summed E-state index contributed by atoms with van der Waals surface area (Å²) in [5.41, 5.74) is 0. The van der Waals surface area contributed by atoms with Crippen molar-refractivity contribution in [1.82, 2.24) is 15.1 Å². The van der Waals surface area contributed by atoms with Crippen LogP contribution < -0.4 is 5.32 Å². The van der Waals surface area contributed by atoms with Crippen molar-refractivity contribution < 1.29 is 22.9 Å². The normalized spacial score (nSPS) is 23.1. The number of nitrogens with one attached hydrogen (secondary N) is 1. The zero-order chi connectivity index (χ0) is 16.8. The lowest BCUT2D eigenvalue weighted by molar-refractivity contribution is -0.136. The van der Waals surface area contributed by atoms with E-state index in [9.17, 15) is 17.8 Å². The Balaban J connectivity index is 2.79. The first-order valence-electron chi connectivity index (χ1n) is 7.48. The highest BCUT2D eigenvalue weighted by atomic mass is 32.2. The zero-order valence-corrected chi connectivity index (χ0v) is 14.0. The van der Waals surface area contributed by atoms with E-state index in [0.717, 1.165) is 25.7 Å². The second kappa shape index (κ2) is 8.78. The third-order valence-electron chi connectivity index (χ3n) is 3.88. The fourth-order valence-corrected chi connectivity index (χ4v) is 3.61. The summed E-state index contributed by atoms with van der Waals surface area (Å²) in [5.74, 6) is -1.35. The molecule has 3 N–H and O–H groups in total. The van der Waals surface area contributed by atoms with E-state index >= 15 is 0 Å². The van der Waals surface area contributed by atoms with Gasteiger partial charge in [-0.2, -0.15) is 8.42 Å². The van der Waals surface area contributed by atoms with Crippen molar-refractivity contribution in [3.8, 4) is 0 Å². The fourth-order valence-electron chi connectivity index (χ4n) is 2.87. The Bertz CT molecular complexity index is 455. The predicted octanol–water partition coefficient (Wildman–Crippen LogP) is -0.319. The minimum Gasteiger partial charge on any atom is -0.480 e. The topological polar surface area (TPSA) is 110 Å². The van der Waals surface area contributed by atoms with Crippen molar-refractivity contribution in [2.45, 2.75) is 37.8 Å². The Hall–Kier alpha value is -0.740. The molecule has 0 saturated heterocycles. The molecule has 0 bridgehead atoms. The monoisotopic (exact) mass is 337 g/mol. The number of hydrogen-bond acceptors (Lipinski definition) is 6. The van der Waals surface area contributed by atoms with Gasteiger partial charge in [0, 0.05) is 25.2 Å². The Kier molecular flexibility index (Phi) is 7.70. The van der Waals surface area contributed by atoms with Crippen LogP contribution in [0, 0.1) is 0 Å². The van der Waals surface area contributed by atoms with E-state index in [-0.39, 0.29) is 18.6 Å². The van der Waals surface area contributed by atoms with Gasteiger partial charge in [-0.15, -0.1) is 0 Å². The first-order chi connectivity index (χ1) is 10.2. The van der Waals surface area contributed by atoms with Crippen LogP contribution in [0.15, 0.2) is 0 Å². The van der Waals surface area contributed by atoms with Crippen molar-refractivity contribution in [1.29, 1.82) is 0 Å². The second-order valence-corrected chi connectivity index (χ2v) is 7.48. The number of carboxylic acid groups (broad SMARTS) is 1. The fraction of sp³-hybridized carbons (Fsp3) is 0.923. The molecule has 0 aliphatic heterocycles. The van der Waals surface area contributed by atoms with Gasteiger partial charge in [0.05, 0.1) is 6.54 Å². The summed E-state index contributed by atoms with van der Waals surface area (Å²) in [6.07, 6.45) is 3.56. The number of likely N-dealkylation sites (N-methyl/N-ethyl adjacent to an activating group) is 1.